The lowest BCUT2D eigenvalue weighted by molar-refractivity contribution is 0.467. The third-order valence-electron chi connectivity index (χ3n) is 3.32. The number of hydrogen-bond acceptors (Lipinski definition) is 0. The molecule has 0 fully saturated rings. The van der Waals surface area contributed by atoms with Gasteiger partial charge in [0.25, 0.3) is 0 Å². The van der Waals surface area contributed by atoms with Gasteiger partial charge in [0, 0.05) is 0 Å². The number of hydrogen-bond donors (Lipinski definition) is 0. The molecule has 2 unspecified atom stereocenters. The summed E-state index contributed by atoms with van der Waals surface area (Å²) in [5.74, 6) is 1.58. The van der Waals surface area contributed by atoms with Crippen molar-refractivity contribution in [1.82, 2.24) is 0 Å². The fourth-order valence-electron chi connectivity index (χ4n) is 2.35. The summed E-state index contributed by atoms with van der Waals surface area (Å²) in [7, 11) is 0. The molecule has 0 nitrogen and oxygen atoms in total. The smallest absolute Gasteiger partial charge is 0.0165 e. The number of allylic oxidation sites excluding steroid dienone is 6. The summed E-state index contributed by atoms with van der Waals surface area (Å²) in [5.41, 5.74) is 1.65. The Morgan fingerprint density at radius 3 is 2.85 bits per heavy atom. The molecule has 0 aromatic rings. The Morgan fingerprint density at radius 2 is 2.23 bits per heavy atom. The van der Waals surface area contributed by atoms with E-state index < -0.39 is 0 Å². The molecule has 2 atom stereocenters. The van der Waals surface area contributed by atoms with Gasteiger partial charge in [0.05, 0.1) is 0 Å². The van der Waals surface area contributed by atoms with Gasteiger partial charge in [-0.2, -0.15) is 0 Å². The van der Waals surface area contributed by atoms with Gasteiger partial charge in [-0.05, 0) is 37.5 Å². The van der Waals surface area contributed by atoms with E-state index >= 15 is 0 Å². The van der Waals surface area contributed by atoms with Gasteiger partial charge in [-0.3, -0.25) is 0 Å². The van der Waals surface area contributed by atoms with Crippen molar-refractivity contribution in [2.75, 3.05) is 0 Å². The molecule has 2 aliphatic carbocycles. The van der Waals surface area contributed by atoms with Crippen molar-refractivity contribution in [3.63, 3.8) is 0 Å². The molecule has 70 valence electrons. The average Bonchev–Trinajstić information content (AvgIpc) is 2.71. The molecule has 0 heteroatoms. The zero-order valence-electron chi connectivity index (χ0n) is 8.37. The molecular weight excluding hydrogens is 156 g/mol. The van der Waals surface area contributed by atoms with Crippen LogP contribution in [0, 0.1) is 11.8 Å². The maximum Gasteiger partial charge on any atom is -0.0165 e. The second-order valence-corrected chi connectivity index (χ2v) is 4.17. The molecule has 2 rings (SSSR count). The third kappa shape index (κ3) is 1.93. The fraction of sp³-hybridized carbons (Fsp3) is 0.538. The summed E-state index contributed by atoms with van der Waals surface area (Å²) >= 11 is 0. The molecule has 0 heterocycles. The van der Waals surface area contributed by atoms with Gasteiger partial charge in [-0.15, -0.1) is 0 Å². The molecule has 0 aliphatic heterocycles. The van der Waals surface area contributed by atoms with Gasteiger partial charge in [0.2, 0.25) is 0 Å². The van der Waals surface area contributed by atoms with E-state index in [1.165, 1.54) is 25.7 Å². The first-order valence-corrected chi connectivity index (χ1v) is 5.40. The SMILES string of the molecule is CC(C1=CC=CCC1)C1C=CCC1. The summed E-state index contributed by atoms with van der Waals surface area (Å²) in [5, 5.41) is 0. The van der Waals surface area contributed by atoms with Crippen molar-refractivity contribution >= 4 is 0 Å². The molecule has 2 aliphatic rings. The molecule has 0 bridgehead atoms. The van der Waals surface area contributed by atoms with Crippen molar-refractivity contribution in [3.8, 4) is 0 Å². The second kappa shape index (κ2) is 3.95. The lowest BCUT2D eigenvalue weighted by Crippen LogP contribution is -2.10. The zero-order valence-corrected chi connectivity index (χ0v) is 8.37. The van der Waals surface area contributed by atoms with Crippen LogP contribution in [-0.4, -0.2) is 0 Å². The van der Waals surface area contributed by atoms with E-state index in [1.54, 1.807) is 5.57 Å². The molecule has 0 aromatic heterocycles. The highest BCUT2D eigenvalue weighted by molar-refractivity contribution is 5.21. The van der Waals surface area contributed by atoms with Crippen molar-refractivity contribution in [2.24, 2.45) is 11.8 Å². The molecule has 0 aromatic carbocycles. The van der Waals surface area contributed by atoms with Crippen LogP contribution >= 0.6 is 0 Å². The van der Waals surface area contributed by atoms with E-state index in [9.17, 15) is 0 Å². The van der Waals surface area contributed by atoms with Crippen LogP contribution in [0.2, 0.25) is 0 Å². The van der Waals surface area contributed by atoms with Crippen LogP contribution in [0.15, 0.2) is 36.0 Å². The fourth-order valence-corrected chi connectivity index (χ4v) is 2.35. The molecule has 0 saturated heterocycles. The lowest BCUT2D eigenvalue weighted by atomic mass is 9.83. The zero-order chi connectivity index (χ0) is 9.10. The van der Waals surface area contributed by atoms with Crippen molar-refractivity contribution in [3.05, 3.63) is 36.0 Å². The second-order valence-electron chi connectivity index (χ2n) is 4.17. The molecule has 0 radical (unpaired) electrons. The van der Waals surface area contributed by atoms with Crippen LogP contribution in [0.3, 0.4) is 0 Å². The Morgan fingerprint density at radius 1 is 1.31 bits per heavy atom. The van der Waals surface area contributed by atoms with Crippen molar-refractivity contribution in [2.45, 2.75) is 32.6 Å². The highest BCUT2D eigenvalue weighted by Gasteiger charge is 2.20. The van der Waals surface area contributed by atoms with Crippen LogP contribution in [0.25, 0.3) is 0 Å². The summed E-state index contributed by atoms with van der Waals surface area (Å²) < 4.78 is 0. The summed E-state index contributed by atoms with van der Waals surface area (Å²) in [6, 6.07) is 0. The van der Waals surface area contributed by atoms with Gasteiger partial charge in [-0.25, -0.2) is 0 Å². The molecular formula is C13H18. The molecule has 0 saturated carbocycles. The normalized spacial score (nSPS) is 29.0. The Kier molecular flexibility index (Phi) is 2.68. The van der Waals surface area contributed by atoms with Gasteiger partial charge < -0.3 is 0 Å². The van der Waals surface area contributed by atoms with Crippen LogP contribution in [-0.2, 0) is 0 Å². The molecule has 0 N–H and O–H groups in total. The predicted molar refractivity (Wildman–Crippen MR) is 57.5 cm³/mol. The Hall–Kier alpha value is -0.780. The van der Waals surface area contributed by atoms with Crippen LogP contribution in [0.1, 0.15) is 32.6 Å². The number of rotatable bonds is 2. The summed E-state index contributed by atoms with van der Waals surface area (Å²) in [4.78, 5) is 0. The molecule has 0 spiro atoms. The quantitative estimate of drug-likeness (QED) is 0.557. The van der Waals surface area contributed by atoms with Gasteiger partial charge in [0.1, 0.15) is 0 Å². The first-order valence-electron chi connectivity index (χ1n) is 5.40. The minimum atomic E-state index is 0.767. The molecule has 0 amide bonds. The summed E-state index contributed by atoms with van der Waals surface area (Å²) in [6.45, 7) is 2.38. The first kappa shape index (κ1) is 8.80. The van der Waals surface area contributed by atoms with E-state index in [-0.39, 0.29) is 0 Å². The maximum absolute atomic E-state index is 2.41. The largest absolute Gasteiger partial charge is 0.0882 e. The molecule has 13 heavy (non-hydrogen) atoms. The Bertz CT molecular complexity index is 255. The summed E-state index contributed by atoms with van der Waals surface area (Å²) in [6.07, 6.45) is 16.7. The first-order chi connectivity index (χ1) is 6.38. The highest BCUT2D eigenvalue weighted by Crippen LogP contribution is 2.33. The van der Waals surface area contributed by atoms with Gasteiger partial charge in [-0.1, -0.05) is 42.9 Å². The van der Waals surface area contributed by atoms with E-state index in [4.69, 9.17) is 0 Å². The third-order valence-corrected chi connectivity index (χ3v) is 3.32. The Labute approximate surface area is 81.0 Å². The van der Waals surface area contributed by atoms with Crippen LogP contribution in [0.5, 0.6) is 0 Å². The monoisotopic (exact) mass is 174 g/mol. The minimum Gasteiger partial charge on any atom is -0.0882 e. The minimum absolute atomic E-state index is 0.767. The van der Waals surface area contributed by atoms with E-state index in [0.717, 1.165) is 11.8 Å². The van der Waals surface area contributed by atoms with Crippen LogP contribution in [0.4, 0.5) is 0 Å². The Balaban J connectivity index is 2.02. The van der Waals surface area contributed by atoms with Crippen molar-refractivity contribution < 1.29 is 0 Å². The lowest BCUT2D eigenvalue weighted by Gasteiger charge is -2.22. The van der Waals surface area contributed by atoms with Gasteiger partial charge in [0.15, 0.2) is 0 Å². The van der Waals surface area contributed by atoms with Crippen LogP contribution < -0.4 is 0 Å². The topological polar surface area (TPSA) is 0 Å². The predicted octanol–water partition coefficient (Wildman–Crippen LogP) is 3.87. The standard InChI is InChI=1S/C13H18/c1-11(13-9-5-6-10-13)12-7-3-2-4-8-12/h2-3,5,7,9,11,13H,4,6,8,10H2,1H3. The van der Waals surface area contributed by atoms with E-state index in [1.807, 2.05) is 0 Å². The average molecular weight is 174 g/mol. The maximum atomic E-state index is 2.41. The van der Waals surface area contributed by atoms with Gasteiger partial charge >= 0.3 is 0 Å². The highest BCUT2D eigenvalue weighted by atomic mass is 14.2. The van der Waals surface area contributed by atoms with E-state index in [2.05, 4.69) is 37.3 Å². The van der Waals surface area contributed by atoms with Crippen molar-refractivity contribution in [1.29, 1.82) is 0 Å². The van der Waals surface area contributed by atoms with E-state index in [0.29, 0.717) is 0 Å².